The third kappa shape index (κ3) is 2.85. The van der Waals surface area contributed by atoms with Crippen molar-refractivity contribution in [3.63, 3.8) is 0 Å². The Labute approximate surface area is 174 Å². The number of aromatic nitrogens is 2. The molecule has 2 N–H and O–H groups in total. The second-order valence-electron chi connectivity index (χ2n) is 7.54. The molecule has 4 nitrogen and oxygen atoms in total. The van der Waals surface area contributed by atoms with E-state index in [2.05, 4.69) is 12.1 Å². The van der Waals surface area contributed by atoms with E-state index < -0.39 is 0 Å². The topological polar surface area (TPSA) is 66.2 Å². The number of rotatable bonds is 2. The average molecular weight is 392 g/mol. The third-order valence-corrected chi connectivity index (χ3v) is 5.53. The lowest BCUT2D eigenvalue weighted by molar-refractivity contribution is 0.476. The van der Waals surface area contributed by atoms with Crippen molar-refractivity contribution in [2.24, 2.45) is 0 Å². The first kappa shape index (κ1) is 18.1. The molecule has 2 aromatic heterocycles. The van der Waals surface area contributed by atoms with Crippen LogP contribution in [-0.2, 0) is 0 Å². The minimum Gasteiger partial charge on any atom is -0.507 e. The monoisotopic (exact) mass is 392 g/mol. The number of benzene rings is 3. The zero-order valence-electron chi connectivity index (χ0n) is 16.7. The molecule has 0 fully saturated rings. The van der Waals surface area contributed by atoms with Crippen LogP contribution in [0.4, 0.5) is 0 Å². The highest BCUT2D eigenvalue weighted by Crippen LogP contribution is 2.35. The Morgan fingerprint density at radius 2 is 0.967 bits per heavy atom. The number of para-hydroxylation sites is 2. The van der Waals surface area contributed by atoms with Crippen molar-refractivity contribution in [3.8, 4) is 34.0 Å². The Morgan fingerprint density at radius 1 is 0.567 bits per heavy atom. The van der Waals surface area contributed by atoms with Gasteiger partial charge in [-0.1, -0.05) is 36.4 Å². The fourth-order valence-corrected chi connectivity index (χ4v) is 3.97. The fourth-order valence-electron chi connectivity index (χ4n) is 3.97. The molecule has 0 saturated carbocycles. The van der Waals surface area contributed by atoms with Crippen molar-refractivity contribution in [2.75, 3.05) is 0 Å². The van der Waals surface area contributed by atoms with Crippen molar-refractivity contribution in [3.05, 3.63) is 83.9 Å². The van der Waals surface area contributed by atoms with E-state index in [1.54, 1.807) is 24.3 Å². The van der Waals surface area contributed by atoms with Crippen LogP contribution in [0.2, 0.25) is 0 Å². The number of phenolic OH excluding ortho intramolecular Hbond substituents is 2. The summed E-state index contributed by atoms with van der Waals surface area (Å²) < 4.78 is 0. The van der Waals surface area contributed by atoms with Crippen molar-refractivity contribution >= 4 is 21.8 Å². The number of phenols is 2. The summed E-state index contributed by atoms with van der Waals surface area (Å²) in [4.78, 5) is 9.82. The Hall–Kier alpha value is -3.92. The van der Waals surface area contributed by atoms with Gasteiger partial charge < -0.3 is 10.2 Å². The van der Waals surface area contributed by atoms with E-state index in [1.165, 1.54) is 0 Å². The molecule has 0 radical (unpaired) electrons. The van der Waals surface area contributed by atoms with Gasteiger partial charge in [0, 0.05) is 21.9 Å². The predicted molar refractivity (Wildman–Crippen MR) is 121 cm³/mol. The Bertz CT molecular complexity index is 1330. The largest absolute Gasteiger partial charge is 0.507 e. The number of aryl methyl sites for hydroxylation is 2. The van der Waals surface area contributed by atoms with Gasteiger partial charge in [0.1, 0.15) is 11.5 Å². The van der Waals surface area contributed by atoms with Crippen LogP contribution in [-0.4, -0.2) is 20.2 Å². The molecule has 2 heterocycles. The smallest absolute Gasteiger partial charge is 0.124 e. The molecule has 4 heteroatoms. The zero-order chi connectivity index (χ0) is 20.8. The summed E-state index contributed by atoms with van der Waals surface area (Å²) >= 11 is 0. The molecule has 0 bridgehead atoms. The van der Waals surface area contributed by atoms with Crippen molar-refractivity contribution in [1.82, 2.24) is 9.97 Å². The molecule has 5 rings (SSSR count). The SMILES string of the molecule is Cc1cc(-c2ccccc2O)nc2c1ccc1c(C)cc(-c3ccccc3O)nc12. The van der Waals surface area contributed by atoms with Crippen LogP contribution >= 0.6 is 0 Å². The van der Waals surface area contributed by atoms with E-state index >= 15 is 0 Å². The highest BCUT2D eigenvalue weighted by atomic mass is 16.3. The van der Waals surface area contributed by atoms with E-state index in [0.717, 1.165) is 32.9 Å². The molecule has 0 aliphatic heterocycles. The van der Waals surface area contributed by atoms with Crippen LogP contribution in [0.25, 0.3) is 44.3 Å². The minimum absolute atomic E-state index is 0.197. The maximum Gasteiger partial charge on any atom is 0.124 e. The molecule has 146 valence electrons. The van der Waals surface area contributed by atoms with Gasteiger partial charge in [0.25, 0.3) is 0 Å². The molecule has 0 amide bonds. The summed E-state index contributed by atoms with van der Waals surface area (Å²) in [5, 5.41) is 22.7. The molecule has 3 aromatic carbocycles. The quantitative estimate of drug-likeness (QED) is 0.354. The number of hydrogen-bond acceptors (Lipinski definition) is 4. The lowest BCUT2D eigenvalue weighted by atomic mass is 9.99. The second-order valence-corrected chi connectivity index (χ2v) is 7.54. The van der Waals surface area contributed by atoms with E-state index in [-0.39, 0.29) is 11.5 Å². The molecule has 0 saturated heterocycles. The average Bonchev–Trinajstić information content (AvgIpc) is 2.74. The molecule has 0 unspecified atom stereocenters. The first-order valence-corrected chi connectivity index (χ1v) is 9.81. The molecule has 0 aliphatic carbocycles. The Kier molecular flexibility index (Phi) is 4.14. The maximum absolute atomic E-state index is 10.3. The number of fused-ring (bicyclic) bond motifs is 3. The highest BCUT2D eigenvalue weighted by molar-refractivity contribution is 6.06. The summed E-state index contributed by atoms with van der Waals surface area (Å²) in [6.45, 7) is 4.08. The van der Waals surface area contributed by atoms with E-state index in [1.807, 2.05) is 50.2 Å². The summed E-state index contributed by atoms with van der Waals surface area (Å²) in [6.07, 6.45) is 0. The van der Waals surface area contributed by atoms with Crippen LogP contribution < -0.4 is 0 Å². The van der Waals surface area contributed by atoms with Gasteiger partial charge >= 0.3 is 0 Å². The van der Waals surface area contributed by atoms with Crippen LogP contribution in [0.15, 0.2) is 72.8 Å². The standard InChI is InChI=1S/C26H20N2O2/c1-15-13-21(19-7-3-5-9-23(19)29)27-25-17(15)11-12-18-16(2)14-22(28-26(18)25)20-8-4-6-10-24(20)30/h3-14,29-30H,1-2H3. The first-order chi connectivity index (χ1) is 14.5. The van der Waals surface area contributed by atoms with Gasteiger partial charge in [-0.2, -0.15) is 0 Å². The molecule has 30 heavy (non-hydrogen) atoms. The summed E-state index contributed by atoms with van der Waals surface area (Å²) in [7, 11) is 0. The van der Waals surface area contributed by atoms with Crippen molar-refractivity contribution in [2.45, 2.75) is 13.8 Å². The van der Waals surface area contributed by atoms with E-state index in [4.69, 9.17) is 9.97 Å². The minimum atomic E-state index is 0.197. The van der Waals surface area contributed by atoms with Crippen LogP contribution in [0, 0.1) is 13.8 Å². The molecule has 5 aromatic rings. The van der Waals surface area contributed by atoms with Gasteiger partial charge in [0.05, 0.1) is 22.4 Å². The zero-order valence-corrected chi connectivity index (χ0v) is 16.7. The second kappa shape index (κ2) is 6.85. The Morgan fingerprint density at radius 3 is 1.37 bits per heavy atom. The van der Waals surface area contributed by atoms with Gasteiger partial charge in [-0.15, -0.1) is 0 Å². The number of nitrogens with zero attached hydrogens (tertiary/aromatic N) is 2. The summed E-state index contributed by atoms with van der Waals surface area (Å²) in [5.41, 5.74) is 6.48. The van der Waals surface area contributed by atoms with Crippen molar-refractivity contribution in [1.29, 1.82) is 0 Å². The molecule has 0 aliphatic rings. The Balaban J connectivity index is 1.86. The number of pyridine rings is 2. The normalized spacial score (nSPS) is 11.3. The van der Waals surface area contributed by atoms with Crippen molar-refractivity contribution < 1.29 is 10.2 Å². The first-order valence-electron chi connectivity index (χ1n) is 9.81. The fraction of sp³-hybridized carbons (Fsp3) is 0.0769. The lowest BCUT2D eigenvalue weighted by Crippen LogP contribution is -1.95. The number of aromatic hydroxyl groups is 2. The van der Waals surface area contributed by atoms with Gasteiger partial charge in [0.15, 0.2) is 0 Å². The van der Waals surface area contributed by atoms with E-state index in [9.17, 15) is 10.2 Å². The van der Waals surface area contributed by atoms with Gasteiger partial charge in [-0.3, -0.25) is 0 Å². The molecular weight excluding hydrogens is 372 g/mol. The van der Waals surface area contributed by atoms with Crippen LogP contribution in [0.3, 0.4) is 0 Å². The highest BCUT2D eigenvalue weighted by Gasteiger charge is 2.14. The maximum atomic E-state index is 10.3. The third-order valence-electron chi connectivity index (χ3n) is 5.53. The number of hydrogen-bond donors (Lipinski definition) is 2. The molecular formula is C26H20N2O2. The lowest BCUT2D eigenvalue weighted by Gasteiger charge is -2.13. The van der Waals surface area contributed by atoms with E-state index in [0.29, 0.717) is 22.5 Å². The van der Waals surface area contributed by atoms with Crippen LogP contribution in [0.5, 0.6) is 11.5 Å². The summed E-state index contributed by atoms with van der Waals surface area (Å²) in [6, 6.07) is 22.5. The molecule has 0 atom stereocenters. The summed E-state index contributed by atoms with van der Waals surface area (Å²) in [5.74, 6) is 0.394. The van der Waals surface area contributed by atoms with Gasteiger partial charge in [-0.25, -0.2) is 9.97 Å². The van der Waals surface area contributed by atoms with Gasteiger partial charge in [0.2, 0.25) is 0 Å². The van der Waals surface area contributed by atoms with Gasteiger partial charge in [-0.05, 0) is 61.4 Å². The van der Waals surface area contributed by atoms with Crippen LogP contribution in [0.1, 0.15) is 11.1 Å². The molecule has 0 spiro atoms. The predicted octanol–water partition coefficient (Wildman–Crippen LogP) is 6.15.